The molecule has 0 aliphatic carbocycles. The lowest BCUT2D eigenvalue weighted by atomic mass is 9.85. The number of ether oxygens (including phenoxy) is 1. The molecule has 1 aliphatic heterocycles. The highest BCUT2D eigenvalue weighted by atomic mass is 16.5. The molecule has 140 valence electrons. The molecular weight excluding hydrogens is 314 g/mol. The number of nitrogens with one attached hydrogen (secondary N) is 2. The van der Waals surface area contributed by atoms with Gasteiger partial charge in [0.25, 0.3) is 0 Å². The Morgan fingerprint density at radius 3 is 2.52 bits per heavy atom. The van der Waals surface area contributed by atoms with Crippen molar-refractivity contribution < 1.29 is 9.53 Å². The second-order valence-corrected chi connectivity index (χ2v) is 7.94. The van der Waals surface area contributed by atoms with E-state index in [1.807, 2.05) is 18.2 Å². The van der Waals surface area contributed by atoms with Crippen molar-refractivity contribution in [2.24, 2.45) is 5.41 Å². The van der Waals surface area contributed by atoms with E-state index in [-0.39, 0.29) is 17.5 Å². The van der Waals surface area contributed by atoms with Crippen LogP contribution >= 0.6 is 0 Å². The summed E-state index contributed by atoms with van der Waals surface area (Å²) in [5.74, 6) is 0. The molecule has 0 saturated carbocycles. The Morgan fingerprint density at radius 2 is 1.88 bits per heavy atom. The van der Waals surface area contributed by atoms with E-state index < -0.39 is 0 Å². The quantitative estimate of drug-likeness (QED) is 0.745. The minimum absolute atomic E-state index is 0.0282. The van der Waals surface area contributed by atoms with Crippen molar-refractivity contribution in [1.29, 1.82) is 0 Å². The first kappa shape index (κ1) is 19.7. The van der Waals surface area contributed by atoms with Crippen molar-refractivity contribution in [1.82, 2.24) is 15.5 Å². The molecule has 2 rings (SSSR count). The number of morpholine rings is 1. The number of hydrogen-bond donors (Lipinski definition) is 2. The lowest BCUT2D eigenvalue weighted by molar-refractivity contribution is 0.0375. The van der Waals surface area contributed by atoms with E-state index in [9.17, 15) is 4.79 Å². The van der Waals surface area contributed by atoms with Crippen molar-refractivity contribution in [2.45, 2.75) is 39.7 Å². The third-order valence-corrected chi connectivity index (χ3v) is 4.36. The second-order valence-electron chi connectivity index (χ2n) is 7.94. The first-order valence-corrected chi connectivity index (χ1v) is 9.33. The highest BCUT2D eigenvalue weighted by Crippen LogP contribution is 2.29. The predicted molar refractivity (Wildman–Crippen MR) is 102 cm³/mol. The van der Waals surface area contributed by atoms with Crippen molar-refractivity contribution in [3.63, 3.8) is 0 Å². The molecule has 1 saturated heterocycles. The van der Waals surface area contributed by atoms with E-state index in [0.717, 1.165) is 51.3 Å². The molecule has 0 bridgehead atoms. The summed E-state index contributed by atoms with van der Waals surface area (Å²) in [7, 11) is 0. The van der Waals surface area contributed by atoms with Gasteiger partial charge in [0.05, 0.1) is 19.3 Å². The monoisotopic (exact) mass is 347 g/mol. The number of hydrogen-bond acceptors (Lipinski definition) is 3. The van der Waals surface area contributed by atoms with Crippen LogP contribution in [0.2, 0.25) is 0 Å². The van der Waals surface area contributed by atoms with Gasteiger partial charge in [-0.1, -0.05) is 51.1 Å². The van der Waals surface area contributed by atoms with Crippen molar-refractivity contribution in [3.8, 4) is 0 Å². The normalized spacial score (nSPS) is 17.1. The largest absolute Gasteiger partial charge is 0.379 e. The van der Waals surface area contributed by atoms with Crippen LogP contribution in [0.25, 0.3) is 0 Å². The number of urea groups is 1. The van der Waals surface area contributed by atoms with E-state index in [1.165, 1.54) is 0 Å². The van der Waals surface area contributed by atoms with E-state index in [4.69, 9.17) is 4.74 Å². The molecule has 1 atom stereocenters. The molecule has 1 unspecified atom stereocenters. The number of rotatable bonds is 7. The Balaban J connectivity index is 1.76. The van der Waals surface area contributed by atoms with Gasteiger partial charge in [0.1, 0.15) is 0 Å². The average Bonchev–Trinajstić information content (AvgIpc) is 2.59. The molecule has 0 radical (unpaired) electrons. The highest BCUT2D eigenvalue weighted by Gasteiger charge is 2.21. The third-order valence-electron chi connectivity index (χ3n) is 4.36. The lowest BCUT2D eigenvalue weighted by Crippen LogP contribution is -2.41. The SMILES string of the molecule is CC(C)(C)CC(NC(=O)NCCCN1CCOCC1)c1ccccc1. The fourth-order valence-corrected chi connectivity index (χ4v) is 3.09. The summed E-state index contributed by atoms with van der Waals surface area (Å²) in [6, 6.07) is 10.1. The molecule has 5 heteroatoms. The number of carbonyl (C=O) groups is 1. The van der Waals surface area contributed by atoms with Crippen LogP contribution in [0, 0.1) is 5.41 Å². The second kappa shape index (κ2) is 9.78. The fourth-order valence-electron chi connectivity index (χ4n) is 3.09. The Hall–Kier alpha value is -1.59. The Morgan fingerprint density at radius 1 is 1.20 bits per heavy atom. The number of carbonyl (C=O) groups excluding carboxylic acids is 1. The molecule has 1 aliphatic rings. The van der Waals surface area contributed by atoms with Crippen LogP contribution in [0.5, 0.6) is 0 Å². The first-order valence-electron chi connectivity index (χ1n) is 9.33. The van der Waals surface area contributed by atoms with Crippen LogP contribution in [0.15, 0.2) is 30.3 Å². The Bertz CT molecular complexity index is 507. The molecule has 2 N–H and O–H groups in total. The fraction of sp³-hybridized carbons (Fsp3) is 0.650. The van der Waals surface area contributed by atoms with Crippen LogP contribution in [-0.2, 0) is 4.74 Å². The van der Waals surface area contributed by atoms with Crippen LogP contribution in [0.3, 0.4) is 0 Å². The van der Waals surface area contributed by atoms with E-state index in [0.29, 0.717) is 6.54 Å². The summed E-state index contributed by atoms with van der Waals surface area (Å²) in [5, 5.41) is 6.14. The van der Waals surface area contributed by atoms with Crippen molar-refractivity contribution in [3.05, 3.63) is 35.9 Å². The van der Waals surface area contributed by atoms with Crippen LogP contribution in [0.1, 0.15) is 45.2 Å². The van der Waals surface area contributed by atoms with Gasteiger partial charge in [0, 0.05) is 19.6 Å². The summed E-state index contributed by atoms with van der Waals surface area (Å²) in [4.78, 5) is 14.7. The maximum Gasteiger partial charge on any atom is 0.315 e. The molecular formula is C20H33N3O2. The molecule has 0 spiro atoms. The summed E-state index contributed by atoms with van der Waals surface area (Å²) in [6.45, 7) is 11.9. The average molecular weight is 348 g/mol. The summed E-state index contributed by atoms with van der Waals surface area (Å²) in [6.07, 6.45) is 1.86. The third kappa shape index (κ3) is 7.88. The zero-order valence-corrected chi connectivity index (χ0v) is 15.9. The highest BCUT2D eigenvalue weighted by molar-refractivity contribution is 5.74. The van der Waals surface area contributed by atoms with Gasteiger partial charge in [0.15, 0.2) is 0 Å². The van der Waals surface area contributed by atoms with Crippen LogP contribution < -0.4 is 10.6 Å². The van der Waals surface area contributed by atoms with Crippen LogP contribution in [0.4, 0.5) is 4.79 Å². The molecule has 5 nitrogen and oxygen atoms in total. The van der Waals surface area contributed by atoms with Crippen molar-refractivity contribution >= 4 is 6.03 Å². The number of amides is 2. The van der Waals surface area contributed by atoms with E-state index in [2.05, 4.69) is 48.4 Å². The van der Waals surface area contributed by atoms with Gasteiger partial charge in [-0.2, -0.15) is 0 Å². The Kier molecular flexibility index (Phi) is 7.72. The Labute approximate surface area is 152 Å². The predicted octanol–water partition coefficient (Wildman–Crippen LogP) is 3.19. The zero-order valence-electron chi connectivity index (χ0n) is 15.9. The maximum atomic E-state index is 12.3. The van der Waals surface area contributed by atoms with Gasteiger partial charge < -0.3 is 15.4 Å². The number of nitrogens with zero attached hydrogens (tertiary/aromatic N) is 1. The summed E-state index contributed by atoms with van der Waals surface area (Å²) in [5.41, 5.74) is 1.30. The molecule has 1 aromatic carbocycles. The van der Waals surface area contributed by atoms with Gasteiger partial charge in [-0.25, -0.2) is 4.79 Å². The molecule has 1 fully saturated rings. The molecule has 1 heterocycles. The zero-order chi connectivity index (χ0) is 18.1. The maximum absolute atomic E-state index is 12.3. The molecule has 0 aromatic heterocycles. The van der Waals surface area contributed by atoms with Crippen molar-refractivity contribution in [2.75, 3.05) is 39.4 Å². The molecule has 2 amide bonds. The lowest BCUT2D eigenvalue weighted by Gasteiger charge is -2.28. The summed E-state index contributed by atoms with van der Waals surface area (Å²) < 4.78 is 5.35. The molecule has 1 aromatic rings. The first-order chi connectivity index (χ1) is 11.9. The van der Waals surface area contributed by atoms with E-state index >= 15 is 0 Å². The van der Waals surface area contributed by atoms with Gasteiger partial charge in [-0.05, 0) is 30.4 Å². The number of benzene rings is 1. The molecule has 25 heavy (non-hydrogen) atoms. The van der Waals surface area contributed by atoms with Gasteiger partial charge in [-0.15, -0.1) is 0 Å². The van der Waals surface area contributed by atoms with Gasteiger partial charge in [-0.3, -0.25) is 4.90 Å². The minimum atomic E-state index is -0.0833. The van der Waals surface area contributed by atoms with E-state index in [1.54, 1.807) is 0 Å². The van der Waals surface area contributed by atoms with Crippen LogP contribution in [-0.4, -0.2) is 50.3 Å². The van der Waals surface area contributed by atoms with Gasteiger partial charge in [0.2, 0.25) is 0 Å². The minimum Gasteiger partial charge on any atom is -0.379 e. The standard InChI is InChI=1S/C20H33N3O2/c1-20(2,3)16-18(17-8-5-4-6-9-17)22-19(24)21-10-7-11-23-12-14-25-15-13-23/h4-6,8-9,18H,7,10-16H2,1-3H3,(H2,21,22,24). The summed E-state index contributed by atoms with van der Waals surface area (Å²) >= 11 is 0. The van der Waals surface area contributed by atoms with Gasteiger partial charge >= 0.3 is 6.03 Å². The smallest absolute Gasteiger partial charge is 0.315 e. The topological polar surface area (TPSA) is 53.6 Å².